The molecule has 0 spiro atoms. The molecule has 28 heavy (non-hydrogen) atoms. The summed E-state index contributed by atoms with van der Waals surface area (Å²) < 4.78 is 27.4. The van der Waals surface area contributed by atoms with Gasteiger partial charge in [-0.15, -0.1) is 10.2 Å². The molecular formula is C18H17ClN4O3S2. The lowest BCUT2D eigenvalue weighted by molar-refractivity contribution is 0.102. The van der Waals surface area contributed by atoms with Crippen LogP contribution in [0.15, 0.2) is 47.4 Å². The summed E-state index contributed by atoms with van der Waals surface area (Å²) in [7, 11) is -3.69. The number of nitrogens with zero attached hydrogens (tertiary/aromatic N) is 2. The number of rotatable bonds is 6. The molecule has 0 atom stereocenters. The predicted molar refractivity (Wildman–Crippen MR) is 109 cm³/mol. The van der Waals surface area contributed by atoms with Crippen LogP contribution in [0.2, 0.25) is 5.02 Å². The van der Waals surface area contributed by atoms with Crippen molar-refractivity contribution in [3.63, 3.8) is 0 Å². The van der Waals surface area contributed by atoms with Crippen LogP contribution in [0.5, 0.6) is 0 Å². The minimum Gasteiger partial charge on any atom is -0.320 e. The van der Waals surface area contributed by atoms with E-state index in [2.05, 4.69) is 20.2 Å². The van der Waals surface area contributed by atoms with Crippen molar-refractivity contribution < 1.29 is 13.2 Å². The number of aryl methyl sites for hydroxylation is 2. The Morgan fingerprint density at radius 1 is 1.11 bits per heavy atom. The number of hydrogen-bond acceptors (Lipinski definition) is 6. The molecule has 1 heterocycles. The van der Waals surface area contributed by atoms with Gasteiger partial charge >= 0.3 is 0 Å². The lowest BCUT2D eigenvalue weighted by Crippen LogP contribution is -2.23. The lowest BCUT2D eigenvalue weighted by atomic mass is 10.1. The first-order chi connectivity index (χ1) is 13.2. The van der Waals surface area contributed by atoms with Gasteiger partial charge in [-0.3, -0.25) is 4.79 Å². The van der Waals surface area contributed by atoms with Gasteiger partial charge in [0.2, 0.25) is 15.0 Å². The molecule has 3 rings (SSSR count). The first-order valence-electron chi connectivity index (χ1n) is 8.21. The molecule has 2 aromatic carbocycles. The van der Waals surface area contributed by atoms with Gasteiger partial charge in [0.05, 0.1) is 11.4 Å². The number of nitrogens with one attached hydrogen (secondary N) is 2. The molecule has 1 amide bonds. The van der Waals surface area contributed by atoms with Gasteiger partial charge in [-0.2, -0.15) is 0 Å². The number of benzene rings is 2. The molecule has 0 saturated carbocycles. The summed E-state index contributed by atoms with van der Waals surface area (Å²) in [4.78, 5) is 12.4. The van der Waals surface area contributed by atoms with Crippen LogP contribution in [-0.2, 0) is 16.6 Å². The van der Waals surface area contributed by atoms with E-state index in [4.69, 9.17) is 11.6 Å². The van der Waals surface area contributed by atoms with Crippen molar-refractivity contribution in [2.24, 2.45) is 0 Å². The summed E-state index contributed by atoms with van der Waals surface area (Å²) in [6, 6.07) is 11.6. The quantitative estimate of drug-likeness (QED) is 0.615. The fraction of sp³-hybridized carbons (Fsp3) is 0.167. The zero-order valence-corrected chi connectivity index (χ0v) is 17.5. The zero-order valence-electron chi connectivity index (χ0n) is 15.1. The van der Waals surface area contributed by atoms with E-state index >= 15 is 0 Å². The van der Waals surface area contributed by atoms with Gasteiger partial charge in [0.25, 0.3) is 5.91 Å². The van der Waals surface area contributed by atoms with Crippen molar-refractivity contribution in [2.75, 3.05) is 5.32 Å². The summed E-state index contributed by atoms with van der Waals surface area (Å²) in [5, 5.41) is 11.4. The Morgan fingerprint density at radius 2 is 1.89 bits per heavy atom. The lowest BCUT2D eigenvalue weighted by Gasteiger charge is -2.07. The van der Waals surface area contributed by atoms with Gasteiger partial charge in [0.1, 0.15) is 5.01 Å². The Kier molecular flexibility index (Phi) is 6.09. The third-order valence-corrected chi connectivity index (χ3v) is 6.50. The van der Waals surface area contributed by atoms with E-state index in [0.29, 0.717) is 15.7 Å². The number of aromatic nitrogens is 2. The van der Waals surface area contributed by atoms with Gasteiger partial charge < -0.3 is 5.32 Å². The van der Waals surface area contributed by atoms with Crippen LogP contribution >= 0.6 is 22.9 Å². The molecule has 146 valence electrons. The van der Waals surface area contributed by atoms with Gasteiger partial charge in [-0.25, -0.2) is 13.1 Å². The maximum absolute atomic E-state index is 12.4. The number of sulfonamides is 1. The molecule has 7 nitrogen and oxygen atoms in total. The van der Waals surface area contributed by atoms with Crippen molar-refractivity contribution >= 4 is 44.6 Å². The fourth-order valence-corrected chi connectivity index (χ4v) is 4.32. The van der Waals surface area contributed by atoms with Crippen molar-refractivity contribution in [3.8, 4) is 0 Å². The first-order valence-corrected chi connectivity index (χ1v) is 10.9. The van der Waals surface area contributed by atoms with Gasteiger partial charge in [0, 0.05) is 10.7 Å². The smallest absolute Gasteiger partial charge is 0.286 e. The highest BCUT2D eigenvalue weighted by atomic mass is 35.5. The molecule has 0 saturated heterocycles. The third kappa shape index (κ3) is 4.93. The van der Waals surface area contributed by atoms with E-state index in [1.807, 2.05) is 13.8 Å². The second-order valence-corrected chi connectivity index (χ2v) is 9.30. The highest BCUT2D eigenvalue weighted by molar-refractivity contribution is 7.89. The average molecular weight is 437 g/mol. The molecule has 0 unspecified atom stereocenters. The minimum absolute atomic E-state index is 0.0582. The van der Waals surface area contributed by atoms with Crippen LogP contribution in [0.3, 0.4) is 0 Å². The molecule has 0 aliphatic carbocycles. The topological polar surface area (TPSA) is 101 Å². The van der Waals surface area contributed by atoms with Crippen LogP contribution in [0.4, 0.5) is 5.69 Å². The number of anilines is 1. The molecule has 10 heteroatoms. The second kappa shape index (κ2) is 8.36. The Hall–Kier alpha value is -2.33. The summed E-state index contributed by atoms with van der Waals surface area (Å²) in [5.74, 6) is -0.442. The Balaban J connectivity index is 1.65. The Labute approximate surface area is 171 Å². The molecule has 0 bridgehead atoms. The molecule has 1 aromatic heterocycles. The van der Waals surface area contributed by atoms with Gasteiger partial charge in [-0.05, 0) is 55.3 Å². The summed E-state index contributed by atoms with van der Waals surface area (Å²) in [6.07, 6.45) is 0. The molecule has 0 fully saturated rings. The van der Waals surface area contributed by atoms with E-state index in [9.17, 15) is 13.2 Å². The fourth-order valence-electron chi connectivity index (χ4n) is 2.29. The molecule has 2 N–H and O–H groups in total. The summed E-state index contributed by atoms with van der Waals surface area (Å²) in [6.45, 7) is 3.71. The number of hydrogen-bond donors (Lipinski definition) is 2. The van der Waals surface area contributed by atoms with Gasteiger partial charge in [-0.1, -0.05) is 35.1 Å². The number of halogens is 1. The monoisotopic (exact) mass is 436 g/mol. The number of carbonyl (C=O) groups is 1. The van der Waals surface area contributed by atoms with Crippen molar-refractivity contribution in [1.82, 2.24) is 14.9 Å². The Morgan fingerprint density at radius 3 is 2.61 bits per heavy atom. The number of carbonyl (C=O) groups excluding carboxylic acids is 1. The van der Waals surface area contributed by atoms with E-state index in [0.717, 1.165) is 22.5 Å². The van der Waals surface area contributed by atoms with Crippen LogP contribution < -0.4 is 10.0 Å². The highest BCUT2D eigenvalue weighted by Crippen LogP contribution is 2.18. The van der Waals surface area contributed by atoms with Crippen LogP contribution in [0.25, 0.3) is 0 Å². The first kappa shape index (κ1) is 20.4. The molecule has 0 aliphatic rings. The minimum atomic E-state index is -3.69. The van der Waals surface area contributed by atoms with Crippen LogP contribution in [0, 0.1) is 13.8 Å². The standard InChI is InChI=1S/C18H17ClN4O3S2/c1-11-6-7-15(8-12(11)2)28(25,26)20-10-16-22-23-18(27-16)17(24)21-14-5-3-4-13(19)9-14/h3-9,20H,10H2,1-2H3,(H,21,24). The molecule has 0 radical (unpaired) electrons. The van der Waals surface area contributed by atoms with E-state index < -0.39 is 15.9 Å². The van der Waals surface area contributed by atoms with E-state index in [1.165, 1.54) is 0 Å². The van der Waals surface area contributed by atoms with Gasteiger partial charge in [0.15, 0.2) is 0 Å². The maximum atomic E-state index is 12.4. The largest absolute Gasteiger partial charge is 0.320 e. The van der Waals surface area contributed by atoms with Crippen LogP contribution in [-0.4, -0.2) is 24.5 Å². The summed E-state index contributed by atoms with van der Waals surface area (Å²) >= 11 is 6.90. The normalized spacial score (nSPS) is 11.4. The van der Waals surface area contributed by atoms with Crippen molar-refractivity contribution in [3.05, 3.63) is 68.6 Å². The highest BCUT2D eigenvalue weighted by Gasteiger charge is 2.17. The van der Waals surface area contributed by atoms with E-state index in [-0.39, 0.29) is 16.4 Å². The van der Waals surface area contributed by atoms with E-state index in [1.54, 1.807) is 42.5 Å². The SMILES string of the molecule is Cc1ccc(S(=O)(=O)NCc2nnc(C(=O)Nc3cccc(Cl)c3)s2)cc1C. The van der Waals surface area contributed by atoms with Crippen LogP contribution in [0.1, 0.15) is 25.9 Å². The average Bonchev–Trinajstić information content (AvgIpc) is 3.12. The maximum Gasteiger partial charge on any atom is 0.286 e. The van der Waals surface area contributed by atoms with Crippen molar-refractivity contribution in [1.29, 1.82) is 0 Å². The predicted octanol–water partition coefficient (Wildman–Crippen LogP) is 3.54. The second-order valence-electron chi connectivity index (χ2n) is 6.04. The molecular weight excluding hydrogens is 420 g/mol. The zero-order chi connectivity index (χ0) is 20.3. The molecule has 3 aromatic rings. The molecule has 0 aliphatic heterocycles. The Bertz CT molecular complexity index is 1130. The third-order valence-electron chi connectivity index (χ3n) is 3.95. The van der Waals surface area contributed by atoms with Crippen molar-refractivity contribution in [2.45, 2.75) is 25.3 Å². The number of amides is 1. The summed E-state index contributed by atoms with van der Waals surface area (Å²) in [5.41, 5.74) is 2.43.